The summed E-state index contributed by atoms with van der Waals surface area (Å²) in [5.74, 6) is 0. The van der Waals surface area contributed by atoms with Crippen LogP contribution < -0.4 is 0 Å². The van der Waals surface area contributed by atoms with E-state index in [-0.39, 0.29) is 0 Å². The van der Waals surface area contributed by atoms with E-state index in [4.69, 9.17) is 0 Å². The molecule has 116 valence electrons. The summed E-state index contributed by atoms with van der Waals surface area (Å²) in [4.78, 5) is 0. The van der Waals surface area contributed by atoms with Crippen molar-refractivity contribution in [2.75, 3.05) is 0 Å². The second-order valence-corrected chi connectivity index (χ2v) is 6.34. The molecule has 0 unspecified atom stereocenters. The van der Waals surface area contributed by atoms with E-state index < -0.39 is 0 Å². The second-order valence-electron chi connectivity index (χ2n) is 6.34. The van der Waals surface area contributed by atoms with Crippen LogP contribution >= 0.6 is 0 Å². The third-order valence-corrected chi connectivity index (χ3v) is 4.32. The van der Waals surface area contributed by atoms with E-state index in [2.05, 4.69) is 24.3 Å². The molecule has 0 saturated carbocycles. The summed E-state index contributed by atoms with van der Waals surface area (Å²) < 4.78 is 0. The van der Waals surface area contributed by atoms with Crippen molar-refractivity contribution in [2.24, 2.45) is 0 Å². The maximum Gasteiger partial charge on any atom is -0.0348 e. The fraction of sp³-hybridized carbons (Fsp3) is 0.800. The van der Waals surface area contributed by atoms with E-state index in [1.54, 1.807) is 0 Å². The molecule has 0 aromatic carbocycles. The van der Waals surface area contributed by atoms with Gasteiger partial charge in [0.1, 0.15) is 0 Å². The highest BCUT2D eigenvalue weighted by Crippen LogP contribution is 2.13. The summed E-state index contributed by atoms with van der Waals surface area (Å²) in [6, 6.07) is 0. The van der Waals surface area contributed by atoms with Gasteiger partial charge in [-0.05, 0) is 44.9 Å². The first-order valence-electron chi connectivity index (χ1n) is 9.30. The van der Waals surface area contributed by atoms with E-state index in [0.717, 1.165) is 0 Å². The Bertz CT molecular complexity index is 212. The van der Waals surface area contributed by atoms with Crippen LogP contribution in [-0.2, 0) is 0 Å². The lowest BCUT2D eigenvalue weighted by molar-refractivity contribution is 0.547. The van der Waals surface area contributed by atoms with E-state index in [9.17, 15) is 0 Å². The Morgan fingerprint density at radius 3 is 0.850 bits per heavy atom. The van der Waals surface area contributed by atoms with Gasteiger partial charge in [-0.1, -0.05) is 82.1 Å². The van der Waals surface area contributed by atoms with Crippen molar-refractivity contribution in [1.29, 1.82) is 0 Å². The SMILES string of the molecule is C1=C/CCCCCCCCCCCCC/C=C/CCC/1. The normalized spacial score (nSPS) is 25.6. The quantitative estimate of drug-likeness (QED) is 0.405. The molecule has 0 saturated heterocycles. The first-order valence-corrected chi connectivity index (χ1v) is 9.30. The summed E-state index contributed by atoms with van der Waals surface area (Å²) in [5.41, 5.74) is 0. The predicted molar refractivity (Wildman–Crippen MR) is 92.2 cm³/mol. The summed E-state index contributed by atoms with van der Waals surface area (Å²) in [6.07, 6.45) is 32.0. The third kappa shape index (κ3) is 12.5. The molecule has 0 bridgehead atoms. The fourth-order valence-corrected chi connectivity index (χ4v) is 2.94. The van der Waals surface area contributed by atoms with Crippen LogP contribution in [0.4, 0.5) is 0 Å². The van der Waals surface area contributed by atoms with E-state index >= 15 is 0 Å². The molecule has 0 heterocycles. The Balaban J connectivity index is 2.11. The highest BCUT2D eigenvalue weighted by atomic mass is 14.0. The second kappa shape index (κ2) is 14.9. The van der Waals surface area contributed by atoms with Gasteiger partial charge in [0, 0.05) is 0 Å². The Kier molecular flexibility index (Phi) is 13.0. The number of rotatable bonds is 0. The molecule has 0 aliphatic heterocycles. The van der Waals surface area contributed by atoms with E-state index in [0.29, 0.717) is 0 Å². The zero-order valence-electron chi connectivity index (χ0n) is 13.6. The van der Waals surface area contributed by atoms with Crippen molar-refractivity contribution in [3.05, 3.63) is 24.3 Å². The number of hydrogen-bond donors (Lipinski definition) is 0. The zero-order valence-corrected chi connectivity index (χ0v) is 13.6. The van der Waals surface area contributed by atoms with Gasteiger partial charge in [0.05, 0.1) is 0 Å². The molecule has 1 aliphatic carbocycles. The van der Waals surface area contributed by atoms with Crippen LogP contribution in [-0.4, -0.2) is 0 Å². The lowest BCUT2D eigenvalue weighted by Crippen LogP contribution is -1.82. The molecule has 0 atom stereocenters. The molecule has 1 rings (SSSR count). The van der Waals surface area contributed by atoms with Gasteiger partial charge in [-0.25, -0.2) is 0 Å². The van der Waals surface area contributed by atoms with Gasteiger partial charge in [-0.15, -0.1) is 0 Å². The fourth-order valence-electron chi connectivity index (χ4n) is 2.94. The predicted octanol–water partition coefficient (Wildman–Crippen LogP) is 7.35. The van der Waals surface area contributed by atoms with Crippen LogP contribution in [0.5, 0.6) is 0 Å². The molecule has 0 N–H and O–H groups in total. The minimum atomic E-state index is 1.27. The van der Waals surface area contributed by atoms with Crippen LogP contribution in [0.2, 0.25) is 0 Å². The van der Waals surface area contributed by atoms with Gasteiger partial charge < -0.3 is 0 Å². The Labute approximate surface area is 127 Å². The van der Waals surface area contributed by atoms with Crippen molar-refractivity contribution in [3.8, 4) is 0 Å². The van der Waals surface area contributed by atoms with Crippen molar-refractivity contribution in [3.63, 3.8) is 0 Å². The number of hydrogen-bond acceptors (Lipinski definition) is 0. The molecule has 20 heavy (non-hydrogen) atoms. The summed E-state index contributed by atoms with van der Waals surface area (Å²) in [6.45, 7) is 0. The summed E-state index contributed by atoms with van der Waals surface area (Å²) in [5, 5.41) is 0. The maximum absolute atomic E-state index is 2.40. The first kappa shape index (κ1) is 17.5. The standard InChI is InChI=1S/C20H36/c1-2-4-6-8-10-12-14-16-18-20-19-17-15-13-11-9-7-5-3-1/h1-2,9,11H,3-8,10,12-20H2/b2-1+,11-9+. The molecule has 1 aliphatic rings. The molecule has 0 heteroatoms. The van der Waals surface area contributed by atoms with Crippen LogP contribution in [0.25, 0.3) is 0 Å². The van der Waals surface area contributed by atoms with Gasteiger partial charge in [0.15, 0.2) is 0 Å². The minimum Gasteiger partial charge on any atom is -0.0885 e. The summed E-state index contributed by atoms with van der Waals surface area (Å²) >= 11 is 0. The Hall–Kier alpha value is -0.520. The molecule has 0 aromatic heterocycles. The largest absolute Gasteiger partial charge is 0.0885 e. The summed E-state index contributed by atoms with van der Waals surface area (Å²) in [7, 11) is 0. The monoisotopic (exact) mass is 276 g/mol. The van der Waals surface area contributed by atoms with Crippen molar-refractivity contribution in [2.45, 2.75) is 103 Å². The molecule has 0 aromatic rings. The average Bonchev–Trinajstić information content (AvgIpc) is 2.46. The third-order valence-electron chi connectivity index (χ3n) is 4.32. The van der Waals surface area contributed by atoms with Crippen molar-refractivity contribution >= 4 is 0 Å². The lowest BCUT2D eigenvalue weighted by Gasteiger charge is -2.02. The van der Waals surface area contributed by atoms with Crippen LogP contribution in [0.15, 0.2) is 24.3 Å². The molecule has 0 nitrogen and oxygen atoms in total. The van der Waals surface area contributed by atoms with Crippen LogP contribution in [0.3, 0.4) is 0 Å². The minimum absolute atomic E-state index is 1.27. The van der Waals surface area contributed by atoms with Crippen molar-refractivity contribution in [1.82, 2.24) is 0 Å². The molecule has 0 spiro atoms. The highest BCUT2D eigenvalue weighted by Gasteiger charge is 1.93. The van der Waals surface area contributed by atoms with E-state index in [1.165, 1.54) is 103 Å². The Morgan fingerprint density at radius 2 is 0.500 bits per heavy atom. The first-order chi connectivity index (χ1) is 10.0. The van der Waals surface area contributed by atoms with E-state index in [1.807, 2.05) is 0 Å². The van der Waals surface area contributed by atoms with Crippen LogP contribution in [0.1, 0.15) is 103 Å². The zero-order chi connectivity index (χ0) is 14.1. The van der Waals surface area contributed by atoms with Gasteiger partial charge in [-0.2, -0.15) is 0 Å². The molecule has 0 amide bonds. The van der Waals surface area contributed by atoms with Crippen LogP contribution in [0, 0.1) is 0 Å². The van der Waals surface area contributed by atoms with Crippen molar-refractivity contribution < 1.29 is 0 Å². The average molecular weight is 277 g/mol. The smallest absolute Gasteiger partial charge is 0.0348 e. The lowest BCUT2D eigenvalue weighted by atomic mass is 10.0. The topological polar surface area (TPSA) is 0 Å². The Morgan fingerprint density at radius 1 is 0.250 bits per heavy atom. The van der Waals surface area contributed by atoms with Gasteiger partial charge in [0.2, 0.25) is 0 Å². The number of allylic oxidation sites excluding steroid dienone is 4. The highest BCUT2D eigenvalue weighted by molar-refractivity contribution is 4.85. The molecule has 0 fully saturated rings. The maximum atomic E-state index is 2.40. The van der Waals surface area contributed by atoms with Gasteiger partial charge >= 0.3 is 0 Å². The van der Waals surface area contributed by atoms with Gasteiger partial charge in [-0.3, -0.25) is 0 Å². The van der Waals surface area contributed by atoms with Gasteiger partial charge in [0.25, 0.3) is 0 Å². The molecular formula is C20H36. The molecular weight excluding hydrogens is 240 g/mol. The molecule has 0 radical (unpaired) electrons.